The first-order valence-electron chi connectivity index (χ1n) is 8.32. The van der Waals surface area contributed by atoms with E-state index in [1.165, 1.54) is 11.0 Å². The van der Waals surface area contributed by atoms with Gasteiger partial charge in [-0.1, -0.05) is 24.3 Å². The summed E-state index contributed by atoms with van der Waals surface area (Å²) < 4.78 is 0. The molecular weight excluding hydrogens is 320 g/mol. The molecule has 0 saturated carbocycles. The Morgan fingerprint density at radius 2 is 1.80 bits per heavy atom. The average molecular weight is 342 g/mol. The van der Waals surface area contributed by atoms with E-state index in [4.69, 9.17) is 4.84 Å². The molecule has 2 N–H and O–H groups in total. The lowest BCUT2D eigenvalue weighted by Gasteiger charge is -2.32. The van der Waals surface area contributed by atoms with Crippen LogP contribution in [0.2, 0.25) is 0 Å². The minimum absolute atomic E-state index is 0.0524. The number of carbonyl (C=O) groups is 1. The second-order valence-corrected chi connectivity index (χ2v) is 6.20. The van der Waals surface area contributed by atoms with Crippen molar-refractivity contribution in [1.29, 1.82) is 0 Å². The number of hydroxylamine groups is 2. The first-order valence-corrected chi connectivity index (χ1v) is 8.32. The Labute approximate surface area is 146 Å². The summed E-state index contributed by atoms with van der Waals surface area (Å²) in [5.74, 6) is 0.346. The molecule has 0 aliphatic carbocycles. The van der Waals surface area contributed by atoms with Crippen LogP contribution >= 0.6 is 0 Å². The van der Waals surface area contributed by atoms with Crippen molar-refractivity contribution in [3.8, 4) is 11.5 Å². The number of hydrogen-bond donors (Lipinski definition) is 2. The van der Waals surface area contributed by atoms with E-state index in [1.54, 1.807) is 24.2 Å². The third-order valence-corrected chi connectivity index (χ3v) is 4.53. The van der Waals surface area contributed by atoms with Crippen molar-refractivity contribution in [3.63, 3.8) is 0 Å². The third-order valence-electron chi connectivity index (χ3n) is 4.53. The van der Waals surface area contributed by atoms with Crippen LogP contribution in [0.1, 0.15) is 24.3 Å². The maximum atomic E-state index is 12.2. The number of rotatable bonds is 3. The van der Waals surface area contributed by atoms with Crippen molar-refractivity contribution >= 4 is 11.8 Å². The standard InChI is InChI=1S/C19H22N2O4/c1-20(15-5-3-2-4-6-15)19(24)25-21-11-9-14(10-12-21)17-8-7-16(22)13-18(17)23/h2-8,13-14,22-23H,9-12H2,1H3. The van der Waals surface area contributed by atoms with Crippen LogP contribution in [0.5, 0.6) is 11.5 Å². The highest BCUT2D eigenvalue weighted by Crippen LogP contribution is 2.35. The molecule has 1 amide bonds. The molecule has 1 fully saturated rings. The van der Waals surface area contributed by atoms with Gasteiger partial charge in [-0.05, 0) is 42.5 Å². The van der Waals surface area contributed by atoms with Crippen molar-refractivity contribution < 1.29 is 19.8 Å². The summed E-state index contributed by atoms with van der Waals surface area (Å²) in [7, 11) is 1.68. The van der Waals surface area contributed by atoms with Crippen molar-refractivity contribution in [2.75, 3.05) is 25.0 Å². The van der Waals surface area contributed by atoms with Gasteiger partial charge in [-0.25, -0.2) is 4.79 Å². The van der Waals surface area contributed by atoms with Crippen LogP contribution in [0.25, 0.3) is 0 Å². The number of anilines is 1. The number of carbonyl (C=O) groups excluding carboxylic acids is 1. The maximum absolute atomic E-state index is 12.2. The molecule has 2 aromatic rings. The number of piperidine rings is 1. The Morgan fingerprint density at radius 1 is 1.12 bits per heavy atom. The first kappa shape index (κ1) is 17.1. The Balaban J connectivity index is 1.55. The number of nitrogens with zero attached hydrogens (tertiary/aromatic N) is 2. The van der Waals surface area contributed by atoms with Gasteiger partial charge < -0.3 is 15.1 Å². The number of phenols is 2. The summed E-state index contributed by atoms with van der Waals surface area (Å²) >= 11 is 0. The molecule has 6 nitrogen and oxygen atoms in total. The molecule has 1 aliphatic heterocycles. The number of phenolic OH excluding ortho intramolecular Hbond substituents is 2. The van der Waals surface area contributed by atoms with Gasteiger partial charge >= 0.3 is 6.09 Å². The zero-order valence-corrected chi connectivity index (χ0v) is 14.1. The van der Waals surface area contributed by atoms with Gasteiger partial charge in [0.25, 0.3) is 0 Å². The van der Waals surface area contributed by atoms with Crippen LogP contribution in [0.15, 0.2) is 48.5 Å². The van der Waals surface area contributed by atoms with Crippen molar-refractivity contribution in [2.24, 2.45) is 0 Å². The summed E-state index contributed by atoms with van der Waals surface area (Å²) in [4.78, 5) is 19.2. The fourth-order valence-electron chi connectivity index (χ4n) is 3.06. The molecule has 1 saturated heterocycles. The predicted octanol–water partition coefficient (Wildman–Crippen LogP) is 3.47. The highest BCUT2D eigenvalue weighted by Gasteiger charge is 2.26. The van der Waals surface area contributed by atoms with Gasteiger partial charge in [0.15, 0.2) is 0 Å². The van der Waals surface area contributed by atoms with Crippen molar-refractivity contribution in [1.82, 2.24) is 5.06 Å². The zero-order valence-electron chi connectivity index (χ0n) is 14.1. The zero-order chi connectivity index (χ0) is 17.8. The average Bonchev–Trinajstić information content (AvgIpc) is 2.63. The minimum Gasteiger partial charge on any atom is -0.508 e. The van der Waals surface area contributed by atoms with E-state index < -0.39 is 6.09 Å². The summed E-state index contributed by atoms with van der Waals surface area (Å²) in [6.45, 7) is 1.19. The Kier molecular flexibility index (Phi) is 5.09. The number of para-hydroxylation sites is 1. The molecule has 25 heavy (non-hydrogen) atoms. The van der Waals surface area contributed by atoms with Gasteiger partial charge in [0.2, 0.25) is 0 Å². The molecule has 1 heterocycles. The highest BCUT2D eigenvalue weighted by atomic mass is 16.7. The van der Waals surface area contributed by atoms with E-state index in [9.17, 15) is 15.0 Å². The van der Waals surface area contributed by atoms with Crippen molar-refractivity contribution in [3.05, 3.63) is 54.1 Å². The fraction of sp³-hybridized carbons (Fsp3) is 0.316. The highest BCUT2D eigenvalue weighted by molar-refractivity contribution is 5.86. The number of amides is 1. The van der Waals surface area contributed by atoms with Gasteiger partial charge in [0.05, 0.1) is 0 Å². The van der Waals surface area contributed by atoms with Gasteiger partial charge in [0, 0.05) is 31.9 Å². The number of benzene rings is 2. The lowest BCUT2D eigenvalue weighted by Crippen LogP contribution is -2.39. The van der Waals surface area contributed by atoms with Crippen LogP contribution in [-0.2, 0) is 4.84 Å². The Bertz CT molecular complexity index is 727. The molecule has 132 valence electrons. The second-order valence-electron chi connectivity index (χ2n) is 6.20. The van der Waals surface area contributed by atoms with E-state index in [0.29, 0.717) is 13.1 Å². The summed E-state index contributed by atoms with van der Waals surface area (Å²) in [6.07, 6.45) is 1.11. The second kappa shape index (κ2) is 7.44. The molecule has 2 aromatic carbocycles. The van der Waals surface area contributed by atoms with E-state index in [0.717, 1.165) is 24.1 Å². The fourth-order valence-corrected chi connectivity index (χ4v) is 3.06. The van der Waals surface area contributed by atoms with E-state index in [-0.39, 0.29) is 17.4 Å². The van der Waals surface area contributed by atoms with Gasteiger partial charge in [-0.3, -0.25) is 4.90 Å². The van der Waals surface area contributed by atoms with Gasteiger partial charge in [-0.2, -0.15) is 0 Å². The minimum atomic E-state index is -0.419. The SMILES string of the molecule is CN(C(=O)ON1CCC(c2ccc(O)cc2O)CC1)c1ccccc1. The van der Waals surface area contributed by atoms with Gasteiger partial charge in [0.1, 0.15) is 11.5 Å². The van der Waals surface area contributed by atoms with Crippen molar-refractivity contribution in [2.45, 2.75) is 18.8 Å². The van der Waals surface area contributed by atoms with E-state index >= 15 is 0 Å². The molecule has 0 spiro atoms. The molecule has 3 rings (SSSR count). The molecule has 0 atom stereocenters. The molecule has 6 heteroatoms. The number of aromatic hydroxyl groups is 2. The third kappa shape index (κ3) is 4.03. The maximum Gasteiger partial charge on any atom is 0.433 e. The smallest absolute Gasteiger partial charge is 0.433 e. The summed E-state index contributed by atoms with van der Waals surface area (Å²) in [5, 5.41) is 21.0. The largest absolute Gasteiger partial charge is 0.508 e. The lowest BCUT2D eigenvalue weighted by atomic mass is 9.89. The van der Waals surface area contributed by atoms with E-state index in [1.807, 2.05) is 30.3 Å². The topological polar surface area (TPSA) is 73.2 Å². The molecule has 0 radical (unpaired) electrons. The van der Waals surface area contributed by atoms with Crippen LogP contribution in [0.4, 0.5) is 10.5 Å². The van der Waals surface area contributed by atoms with Crippen LogP contribution in [0.3, 0.4) is 0 Å². The van der Waals surface area contributed by atoms with Crippen LogP contribution in [0, 0.1) is 0 Å². The van der Waals surface area contributed by atoms with Gasteiger partial charge in [-0.15, -0.1) is 5.06 Å². The normalized spacial score (nSPS) is 15.7. The molecular formula is C19H22N2O4. The summed E-state index contributed by atoms with van der Waals surface area (Å²) in [6, 6.07) is 14.0. The summed E-state index contributed by atoms with van der Waals surface area (Å²) in [5.41, 5.74) is 1.60. The molecule has 0 aromatic heterocycles. The monoisotopic (exact) mass is 342 g/mol. The quantitative estimate of drug-likeness (QED) is 0.893. The van der Waals surface area contributed by atoms with E-state index in [2.05, 4.69) is 0 Å². The Morgan fingerprint density at radius 3 is 2.44 bits per heavy atom. The predicted molar refractivity (Wildman–Crippen MR) is 94.6 cm³/mol. The Hall–Kier alpha value is -2.73. The molecule has 1 aliphatic rings. The molecule has 0 bridgehead atoms. The first-order chi connectivity index (χ1) is 12.0. The van der Waals surface area contributed by atoms with Crippen LogP contribution < -0.4 is 4.90 Å². The molecule has 0 unspecified atom stereocenters. The van der Waals surface area contributed by atoms with Crippen LogP contribution in [-0.4, -0.2) is 41.5 Å². The number of hydrogen-bond acceptors (Lipinski definition) is 5. The lowest BCUT2D eigenvalue weighted by molar-refractivity contribution is -0.110.